The minimum absolute atomic E-state index is 0.00249. The van der Waals surface area contributed by atoms with Gasteiger partial charge in [-0.2, -0.15) is 5.26 Å². The molecule has 0 amide bonds. The highest BCUT2D eigenvalue weighted by molar-refractivity contribution is 5.66. The number of nitrogens with one attached hydrogen (secondary N) is 1. The summed E-state index contributed by atoms with van der Waals surface area (Å²) in [6, 6.07) is 4.20. The summed E-state index contributed by atoms with van der Waals surface area (Å²) >= 11 is 0. The fourth-order valence-electron chi connectivity index (χ4n) is 1.98. The lowest BCUT2D eigenvalue weighted by molar-refractivity contribution is 0.399. The van der Waals surface area contributed by atoms with Crippen molar-refractivity contribution < 1.29 is 9.47 Å². The molecule has 0 spiro atoms. The summed E-state index contributed by atoms with van der Waals surface area (Å²) in [4.78, 5) is 0. The van der Waals surface area contributed by atoms with E-state index in [0.29, 0.717) is 6.54 Å². The van der Waals surface area contributed by atoms with Crippen LogP contribution in [0.4, 0.5) is 5.69 Å². The summed E-state index contributed by atoms with van der Waals surface area (Å²) in [5.74, 6) is 1.63. The third-order valence-electron chi connectivity index (χ3n) is 3.43. The Bertz CT molecular complexity index is 478. The fraction of sp³-hybridized carbons (Fsp3) is 0.533. The Labute approximate surface area is 115 Å². The van der Waals surface area contributed by atoms with Gasteiger partial charge in [0.15, 0.2) is 0 Å². The maximum atomic E-state index is 8.98. The molecule has 0 aliphatic rings. The van der Waals surface area contributed by atoms with Crippen molar-refractivity contribution in [3.05, 3.63) is 17.2 Å². The number of hydrogen-bond donors (Lipinski definition) is 1. The van der Waals surface area contributed by atoms with Crippen LogP contribution in [0.3, 0.4) is 0 Å². The number of nitriles is 1. The van der Waals surface area contributed by atoms with Crippen molar-refractivity contribution in [3.63, 3.8) is 0 Å². The molecule has 1 unspecified atom stereocenters. The van der Waals surface area contributed by atoms with Crippen LogP contribution >= 0.6 is 0 Å². The van der Waals surface area contributed by atoms with E-state index in [0.717, 1.165) is 34.7 Å². The third-order valence-corrected chi connectivity index (χ3v) is 3.43. The van der Waals surface area contributed by atoms with Crippen molar-refractivity contribution in [1.82, 2.24) is 0 Å². The van der Waals surface area contributed by atoms with Gasteiger partial charge in [0.2, 0.25) is 0 Å². The molecule has 4 nitrogen and oxygen atoms in total. The van der Waals surface area contributed by atoms with Crippen molar-refractivity contribution >= 4 is 5.69 Å². The van der Waals surface area contributed by atoms with Crippen molar-refractivity contribution in [1.29, 1.82) is 5.26 Å². The first kappa shape index (κ1) is 15.2. The number of anilines is 1. The molecule has 0 aliphatic carbocycles. The van der Waals surface area contributed by atoms with Gasteiger partial charge in [-0.05, 0) is 31.4 Å². The van der Waals surface area contributed by atoms with E-state index in [1.165, 1.54) is 0 Å². The van der Waals surface area contributed by atoms with Crippen LogP contribution in [0.15, 0.2) is 6.07 Å². The Hall–Kier alpha value is -1.89. The molecule has 0 bridgehead atoms. The second-order valence-corrected chi connectivity index (χ2v) is 4.52. The van der Waals surface area contributed by atoms with Gasteiger partial charge < -0.3 is 14.8 Å². The fourth-order valence-corrected chi connectivity index (χ4v) is 1.98. The summed E-state index contributed by atoms with van der Waals surface area (Å²) < 4.78 is 10.8. The molecule has 1 rings (SSSR count). The molecule has 104 valence electrons. The summed E-state index contributed by atoms with van der Waals surface area (Å²) in [7, 11) is 3.31. The van der Waals surface area contributed by atoms with E-state index in [-0.39, 0.29) is 5.92 Å². The molecule has 19 heavy (non-hydrogen) atoms. The highest BCUT2D eigenvalue weighted by Crippen LogP contribution is 2.37. The Morgan fingerprint density at radius 1 is 1.26 bits per heavy atom. The van der Waals surface area contributed by atoms with E-state index in [2.05, 4.69) is 11.4 Å². The molecule has 0 aliphatic heterocycles. The highest BCUT2D eigenvalue weighted by Gasteiger charge is 2.14. The van der Waals surface area contributed by atoms with Crippen LogP contribution in [0.2, 0.25) is 0 Å². The van der Waals surface area contributed by atoms with Crippen LogP contribution in [-0.2, 0) is 0 Å². The molecule has 1 atom stereocenters. The summed E-state index contributed by atoms with van der Waals surface area (Å²) in [5.41, 5.74) is 2.99. The Morgan fingerprint density at radius 3 is 2.42 bits per heavy atom. The largest absolute Gasteiger partial charge is 0.496 e. The minimum Gasteiger partial charge on any atom is -0.496 e. The molecule has 0 saturated heterocycles. The van der Waals surface area contributed by atoms with Gasteiger partial charge >= 0.3 is 0 Å². The van der Waals surface area contributed by atoms with Gasteiger partial charge in [0, 0.05) is 12.6 Å². The van der Waals surface area contributed by atoms with Gasteiger partial charge in [0.05, 0.1) is 31.9 Å². The molecular weight excluding hydrogens is 240 g/mol. The van der Waals surface area contributed by atoms with E-state index in [1.54, 1.807) is 14.2 Å². The standard InChI is InChI=1S/C15H22N2O2/c1-6-12(8-16)9-17-13-7-14(18-4)10(2)11(3)15(13)19-5/h7,12,17H,6,9H2,1-5H3. The molecule has 1 N–H and O–H groups in total. The van der Waals surface area contributed by atoms with Crippen LogP contribution in [0, 0.1) is 31.1 Å². The van der Waals surface area contributed by atoms with Gasteiger partial charge in [-0.25, -0.2) is 0 Å². The van der Waals surface area contributed by atoms with Crippen molar-refractivity contribution in [2.75, 3.05) is 26.1 Å². The van der Waals surface area contributed by atoms with E-state index >= 15 is 0 Å². The molecule has 0 heterocycles. The number of methoxy groups -OCH3 is 2. The van der Waals surface area contributed by atoms with Crippen LogP contribution < -0.4 is 14.8 Å². The molecule has 0 aromatic heterocycles. The van der Waals surface area contributed by atoms with Gasteiger partial charge in [-0.3, -0.25) is 0 Å². The summed E-state index contributed by atoms with van der Waals surface area (Å²) in [6.07, 6.45) is 0.827. The number of nitrogens with zero attached hydrogens (tertiary/aromatic N) is 1. The first-order valence-electron chi connectivity index (χ1n) is 6.44. The quantitative estimate of drug-likeness (QED) is 0.854. The average Bonchev–Trinajstić information content (AvgIpc) is 2.43. The molecule has 0 radical (unpaired) electrons. The normalized spacial score (nSPS) is 11.6. The van der Waals surface area contributed by atoms with Crippen molar-refractivity contribution in [2.45, 2.75) is 27.2 Å². The van der Waals surface area contributed by atoms with E-state index in [1.807, 2.05) is 26.8 Å². The Morgan fingerprint density at radius 2 is 1.95 bits per heavy atom. The zero-order valence-electron chi connectivity index (χ0n) is 12.3. The maximum absolute atomic E-state index is 8.98. The smallest absolute Gasteiger partial charge is 0.145 e. The molecule has 1 aromatic carbocycles. The minimum atomic E-state index is -0.00249. The van der Waals surface area contributed by atoms with E-state index in [4.69, 9.17) is 14.7 Å². The second-order valence-electron chi connectivity index (χ2n) is 4.52. The molecule has 4 heteroatoms. The average molecular weight is 262 g/mol. The van der Waals surface area contributed by atoms with Crippen LogP contribution in [0.25, 0.3) is 0 Å². The first-order chi connectivity index (χ1) is 9.08. The van der Waals surface area contributed by atoms with Gasteiger partial charge in [0.25, 0.3) is 0 Å². The highest BCUT2D eigenvalue weighted by atomic mass is 16.5. The van der Waals surface area contributed by atoms with Crippen LogP contribution in [0.1, 0.15) is 24.5 Å². The molecular formula is C15H22N2O2. The molecule has 1 aromatic rings. The number of ether oxygens (including phenoxy) is 2. The number of hydrogen-bond acceptors (Lipinski definition) is 4. The van der Waals surface area contributed by atoms with E-state index in [9.17, 15) is 0 Å². The third kappa shape index (κ3) is 3.31. The number of benzene rings is 1. The van der Waals surface area contributed by atoms with E-state index < -0.39 is 0 Å². The lowest BCUT2D eigenvalue weighted by Crippen LogP contribution is -2.13. The predicted octanol–water partition coefficient (Wildman–Crippen LogP) is 3.28. The first-order valence-corrected chi connectivity index (χ1v) is 6.44. The maximum Gasteiger partial charge on any atom is 0.145 e. The van der Waals surface area contributed by atoms with Crippen molar-refractivity contribution in [3.8, 4) is 17.6 Å². The topological polar surface area (TPSA) is 54.3 Å². The zero-order chi connectivity index (χ0) is 14.4. The Kier molecular flexibility index (Phi) is 5.50. The number of rotatable bonds is 6. The SMILES string of the molecule is CCC(C#N)CNc1cc(OC)c(C)c(C)c1OC. The Balaban J connectivity index is 3.06. The van der Waals surface area contributed by atoms with Gasteiger partial charge in [-0.15, -0.1) is 0 Å². The lowest BCUT2D eigenvalue weighted by Gasteiger charge is -2.18. The predicted molar refractivity (Wildman–Crippen MR) is 76.9 cm³/mol. The van der Waals surface area contributed by atoms with Gasteiger partial charge in [0.1, 0.15) is 11.5 Å². The second kappa shape index (κ2) is 6.89. The van der Waals surface area contributed by atoms with Crippen LogP contribution in [0.5, 0.6) is 11.5 Å². The summed E-state index contributed by atoms with van der Waals surface area (Å²) in [6.45, 7) is 6.62. The summed E-state index contributed by atoms with van der Waals surface area (Å²) in [5, 5.41) is 12.3. The van der Waals surface area contributed by atoms with Gasteiger partial charge in [-0.1, -0.05) is 6.92 Å². The zero-order valence-corrected chi connectivity index (χ0v) is 12.3. The van der Waals surface area contributed by atoms with Crippen molar-refractivity contribution in [2.24, 2.45) is 5.92 Å². The van der Waals surface area contributed by atoms with Crippen LogP contribution in [-0.4, -0.2) is 20.8 Å². The lowest BCUT2D eigenvalue weighted by atomic mass is 10.0. The monoisotopic (exact) mass is 262 g/mol. The molecule has 0 fully saturated rings. The molecule has 0 saturated carbocycles.